The number of nitrogens with zero attached hydrogens (tertiary/aromatic N) is 2. The molecular weight excluding hydrogens is 416 g/mol. The maximum Gasteiger partial charge on any atom is 0.387 e. The van der Waals surface area contributed by atoms with Gasteiger partial charge in [-0.15, -0.1) is 0 Å². The average molecular weight is 446 g/mol. The fourth-order valence-corrected chi connectivity index (χ4v) is 4.26. The Morgan fingerprint density at radius 1 is 1.09 bits per heavy atom. The molecule has 2 N–H and O–H groups in total. The predicted octanol–water partition coefficient (Wildman–Crippen LogP) is 3.44. The minimum atomic E-state index is -2.91. The highest BCUT2D eigenvalue weighted by Crippen LogP contribution is 2.37. The van der Waals surface area contributed by atoms with Crippen LogP contribution in [0.1, 0.15) is 24.8 Å². The first-order chi connectivity index (χ1) is 15.5. The van der Waals surface area contributed by atoms with Crippen LogP contribution >= 0.6 is 0 Å². The largest absolute Gasteiger partial charge is 0.486 e. The summed E-state index contributed by atoms with van der Waals surface area (Å²) in [5, 5.41) is 0. The van der Waals surface area contributed by atoms with E-state index in [2.05, 4.69) is 26.7 Å². The Morgan fingerprint density at radius 2 is 1.88 bits per heavy atom. The van der Waals surface area contributed by atoms with Gasteiger partial charge >= 0.3 is 6.61 Å². The van der Waals surface area contributed by atoms with Gasteiger partial charge in [0.2, 0.25) is 5.91 Å². The molecule has 2 aromatic carbocycles. The third-order valence-corrected chi connectivity index (χ3v) is 6.13. The molecule has 6 nitrogen and oxygen atoms in total. The number of carbonyl (C=O) groups excluding carboxylic acids is 1. The van der Waals surface area contributed by atoms with Crippen LogP contribution in [0.15, 0.2) is 48.5 Å². The summed E-state index contributed by atoms with van der Waals surface area (Å²) >= 11 is 0. The molecule has 32 heavy (non-hydrogen) atoms. The van der Waals surface area contributed by atoms with E-state index in [1.54, 1.807) is 18.2 Å². The van der Waals surface area contributed by atoms with Crippen molar-refractivity contribution in [3.8, 4) is 11.5 Å². The van der Waals surface area contributed by atoms with Gasteiger partial charge in [0.1, 0.15) is 0 Å². The van der Waals surface area contributed by atoms with Gasteiger partial charge in [-0.05, 0) is 43.4 Å². The predicted molar refractivity (Wildman–Crippen MR) is 118 cm³/mol. The fourth-order valence-electron chi connectivity index (χ4n) is 4.26. The SMILES string of the molecule is NC(=O)CN1CCN(c2ccc(OC(F)F)c(OC3CCC3)c2)CC1Cc1ccccc1. The van der Waals surface area contributed by atoms with Gasteiger partial charge in [0.15, 0.2) is 11.5 Å². The molecule has 0 radical (unpaired) electrons. The normalized spacial score (nSPS) is 19.6. The van der Waals surface area contributed by atoms with Crippen molar-refractivity contribution >= 4 is 11.6 Å². The van der Waals surface area contributed by atoms with Crippen molar-refractivity contribution in [3.63, 3.8) is 0 Å². The van der Waals surface area contributed by atoms with Crippen molar-refractivity contribution in [3.05, 3.63) is 54.1 Å². The summed E-state index contributed by atoms with van der Waals surface area (Å²) in [6.45, 7) is -0.648. The lowest BCUT2D eigenvalue weighted by Crippen LogP contribution is -2.56. The van der Waals surface area contributed by atoms with Gasteiger partial charge in [0.25, 0.3) is 0 Å². The molecule has 4 rings (SSSR count). The van der Waals surface area contributed by atoms with Crippen molar-refractivity contribution in [2.75, 3.05) is 31.1 Å². The number of carbonyl (C=O) groups is 1. The topological polar surface area (TPSA) is 68.0 Å². The third-order valence-electron chi connectivity index (χ3n) is 6.13. The Labute approximate surface area is 186 Å². The third kappa shape index (κ3) is 5.68. The van der Waals surface area contributed by atoms with Crippen molar-refractivity contribution in [1.82, 2.24) is 4.90 Å². The Kier molecular flexibility index (Phi) is 7.09. The molecule has 1 unspecified atom stereocenters. The maximum absolute atomic E-state index is 12.9. The molecule has 1 atom stereocenters. The molecule has 0 spiro atoms. The van der Waals surface area contributed by atoms with E-state index in [1.165, 1.54) is 5.56 Å². The number of hydrogen-bond donors (Lipinski definition) is 1. The molecule has 172 valence electrons. The minimum absolute atomic E-state index is 0.0449. The van der Waals surface area contributed by atoms with Crippen LogP contribution in [0.25, 0.3) is 0 Å². The lowest BCUT2D eigenvalue weighted by molar-refractivity contribution is -0.119. The zero-order valence-corrected chi connectivity index (χ0v) is 18.0. The van der Waals surface area contributed by atoms with Crippen molar-refractivity contribution in [2.45, 2.75) is 44.4 Å². The van der Waals surface area contributed by atoms with Crippen LogP contribution < -0.4 is 20.1 Å². The highest BCUT2D eigenvalue weighted by Gasteiger charge is 2.29. The van der Waals surface area contributed by atoms with Gasteiger partial charge in [-0.1, -0.05) is 30.3 Å². The number of alkyl halides is 2. The van der Waals surface area contributed by atoms with E-state index in [-0.39, 0.29) is 30.3 Å². The van der Waals surface area contributed by atoms with Gasteiger partial charge in [-0.3, -0.25) is 9.69 Å². The highest BCUT2D eigenvalue weighted by atomic mass is 19.3. The van der Waals surface area contributed by atoms with Crippen molar-refractivity contribution in [1.29, 1.82) is 0 Å². The van der Waals surface area contributed by atoms with E-state index >= 15 is 0 Å². The second-order valence-electron chi connectivity index (χ2n) is 8.41. The maximum atomic E-state index is 12.9. The van der Waals surface area contributed by atoms with Gasteiger partial charge in [-0.2, -0.15) is 8.78 Å². The average Bonchev–Trinajstić information content (AvgIpc) is 2.73. The Bertz CT molecular complexity index is 909. The molecule has 2 aromatic rings. The molecule has 1 aliphatic heterocycles. The van der Waals surface area contributed by atoms with Gasteiger partial charge < -0.3 is 20.1 Å². The molecule has 8 heteroatoms. The molecule has 2 fully saturated rings. The Morgan fingerprint density at radius 3 is 2.53 bits per heavy atom. The second kappa shape index (κ2) is 10.2. The van der Waals surface area contributed by atoms with Crippen LogP contribution in [0, 0.1) is 0 Å². The number of primary amides is 1. The zero-order valence-electron chi connectivity index (χ0n) is 18.0. The van der Waals surface area contributed by atoms with Gasteiger partial charge in [0.05, 0.1) is 12.6 Å². The van der Waals surface area contributed by atoms with Crippen LogP contribution in [0.5, 0.6) is 11.5 Å². The molecular formula is C24H29F2N3O3. The summed E-state index contributed by atoms with van der Waals surface area (Å²) in [5.41, 5.74) is 7.55. The summed E-state index contributed by atoms with van der Waals surface area (Å²) in [7, 11) is 0. The minimum Gasteiger partial charge on any atom is -0.486 e. The molecule has 1 saturated heterocycles. The van der Waals surface area contributed by atoms with E-state index in [0.717, 1.165) is 31.4 Å². The first kappa shape index (κ1) is 22.3. The number of rotatable bonds is 9. The second-order valence-corrected chi connectivity index (χ2v) is 8.41. The lowest BCUT2D eigenvalue weighted by atomic mass is 9.96. The van der Waals surface area contributed by atoms with Crippen LogP contribution in [-0.4, -0.2) is 55.7 Å². The summed E-state index contributed by atoms with van der Waals surface area (Å²) in [6, 6.07) is 15.3. The van der Waals surface area contributed by atoms with Gasteiger partial charge in [-0.25, -0.2) is 0 Å². The van der Waals surface area contributed by atoms with Gasteiger partial charge in [0, 0.05) is 37.4 Å². The van der Waals surface area contributed by atoms with Crippen LogP contribution in [0.3, 0.4) is 0 Å². The quantitative estimate of drug-likeness (QED) is 0.641. The fraction of sp³-hybridized carbons (Fsp3) is 0.458. The Balaban J connectivity index is 1.53. The number of piperazine rings is 1. The summed E-state index contributed by atoms with van der Waals surface area (Å²) in [6.07, 6.45) is 3.75. The van der Waals surface area contributed by atoms with Crippen molar-refractivity contribution < 1.29 is 23.0 Å². The molecule has 1 saturated carbocycles. The first-order valence-electron chi connectivity index (χ1n) is 11.0. The number of anilines is 1. The molecule has 1 heterocycles. The molecule has 2 aliphatic rings. The molecule has 1 aliphatic carbocycles. The number of ether oxygens (including phenoxy) is 2. The monoisotopic (exact) mass is 445 g/mol. The number of benzene rings is 2. The molecule has 0 bridgehead atoms. The van der Waals surface area contributed by atoms with Crippen LogP contribution in [0.2, 0.25) is 0 Å². The van der Waals surface area contributed by atoms with Crippen LogP contribution in [0.4, 0.5) is 14.5 Å². The van der Waals surface area contributed by atoms with E-state index in [4.69, 9.17) is 10.5 Å². The Hall–Kier alpha value is -2.87. The number of hydrogen-bond acceptors (Lipinski definition) is 5. The van der Waals surface area contributed by atoms with E-state index in [9.17, 15) is 13.6 Å². The van der Waals surface area contributed by atoms with E-state index in [0.29, 0.717) is 25.4 Å². The molecule has 0 aromatic heterocycles. The van der Waals surface area contributed by atoms with E-state index in [1.807, 2.05) is 18.2 Å². The first-order valence-corrected chi connectivity index (χ1v) is 11.0. The number of amides is 1. The zero-order chi connectivity index (χ0) is 22.5. The number of halogens is 2. The highest BCUT2D eigenvalue weighted by molar-refractivity contribution is 5.76. The van der Waals surface area contributed by atoms with Crippen LogP contribution in [-0.2, 0) is 11.2 Å². The summed E-state index contributed by atoms with van der Waals surface area (Å²) in [4.78, 5) is 15.9. The lowest BCUT2D eigenvalue weighted by Gasteiger charge is -2.42. The standard InChI is InChI=1S/C24H29F2N3O3/c25-24(26)32-21-10-9-18(14-22(21)31-20-7-4-8-20)28-11-12-29(16-23(27)30)19(15-28)13-17-5-2-1-3-6-17/h1-3,5-6,9-10,14,19-20,24H,4,7-8,11-13,15-16H2,(H2,27,30). The van der Waals surface area contributed by atoms with E-state index < -0.39 is 6.61 Å². The smallest absolute Gasteiger partial charge is 0.387 e. The summed E-state index contributed by atoms with van der Waals surface area (Å²) < 4.78 is 36.4. The summed E-state index contributed by atoms with van der Waals surface area (Å²) in [5.74, 6) is 0.0664. The number of nitrogens with two attached hydrogens (primary N) is 1. The molecule has 1 amide bonds. The van der Waals surface area contributed by atoms with Crippen molar-refractivity contribution in [2.24, 2.45) is 5.73 Å².